The molecule has 0 bridgehead atoms. The Bertz CT molecular complexity index is 634. The Labute approximate surface area is 106 Å². The first-order chi connectivity index (χ1) is 8.54. The highest BCUT2D eigenvalue weighted by atomic mass is 16.1. The molecule has 0 saturated heterocycles. The highest BCUT2D eigenvalue weighted by Crippen LogP contribution is 2.20. The summed E-state index contributed by atoms with van der Waals surface area (Å²) in [5.41, 5.74) is 2.31. The fourth-order valence-electron chi connectivity index (χ4n) is 1.98. The van der Waals surface area contributed by atoms with Gasteiger partial charge >= 0.3 is 0 Å². The molecule has 4 nitrogen and oxygen atoms in total. The predicted molar refractivity (Wildman–Crippen MR) is 69.0 cm³/mol. The van der Waals surface area contributed by atoms with Crippen molar-refractivity contribution in [3.8, 4) is 6.07 Å². The average molecular weight is 241 g/mol. The van der Waals surface area contributed by atoms with Gasteiger partial charge in [0.25, 0.3) is 0 Å². The van der Waals surface area contributed by atoms with Gasteiger partial charge in [-0.1, -0.05) is 13.8 Å². The number of carbonyl (C=O) groups excluding carboxylic acids is 1. The number of nitriles is 1. The van der Waals surface area contributed by atoms with Gasteiger partial charge in [-0.05, 0) is 24.1 Å². The Morgan fingerprint density at radius 3 is 2.78 bits per heavy atom. The van der Waals surface area contributed by atoms with Gasteiger partial charge in [0, 0.05) is 12.6 Å². The molecule has 0 aliphatic rings. The van der Waals surface area contributed by atoms with Crippen LogP contribution in [0.15, 0.2) is 24.5 Å². The lowest BCUT2D eigenvalue weighted by molar-refractivity contribution is 0.0924. The molecule has 0 radical (unpaired) electrons. The third-order valence-corrected chi connectivity index (χ3v) is 3.10. The Kier molecular flexibility index (Phi) is 3.15. The first-order valence-electron chi connectivity index (χ1n) is 5.89. The summed E-state index contributed by atoms with van der Waals surface area (Å²) >= 11 is 0. The summed E-state index contributed by atoms with van der Waals surface area (Å²) in [5.74, 6) is -0.701. The number of fused-ring (bicyclic) bond motifs is 1. The largest absolute Gasteiger partial charge is 0.334 e. The van der Waals surface area contributed by atoms with E-state index in [4.69, 9.17) is 5.26 Å². The number of hydrogen-bond acceptors (Lipinski definition) is 3. The van der Waals surface area contributed by atoms with Gasteiger partial charge in [0.2, 0.25) is 0 Å². The molecule has 0 aliphatic carbocycles. The molecular formula is C14H15N3O. The summed E-state index contributed by atoms with van der Waals surface area (Å²) in [5, 5.41) is 9.05. The number of nitrogens with zero attached hydrogens (tertiary/aromatic N) is 3. The molecule has 0 N–H and O–H groups in total. The SMILES string of the molecule is CC(C)C(C#N)C(=O)c1ccc2c(c1)ncn2C. The number of Topliss-reactive ketones (excluding diaryl/α,β-unsaturated/α-hetero) is 1. The minimum absolute atomic E-state index is 0.0157. The van der Waals surface area contributed by atoms with Crippen molar-refractivity contribution in [1.82, 2.24) is 9.55 Å². The minimum atomic E-state index is -0.592. The van der Waals surface area contributed by atoms with Gasteiger partial charge in [-0.15, -0.1) is 0 Å². The van der Waals surface area contributed by atoms with Crippen LogP contribution in [0.2, 0.25) is 0 Å². The number of hydrogen-bond donors (Lipinski definition) is 0. The van der Waals surface area contributed by atoms with Crippen molar-refractivity contribution in [2.75, 3.05) is 0 Å². The first-order valence-corrected chi connectivity index (χ1v) is 5.89. The van der Waals surface area contributed by atoms with E-state index in [1.807, 2.05) is 31.5 Å². The maximum Gasteiger partial charge on any atom is 0.180 e. The van der Waals surface area contributed by atoms with E-state index >= 15 is 0 Å². The van der Waals surface area contributed by atoms with Crippen LogP contribution >= 0.6 is 0 Å². The second-order valence-electron chi connectivity index (χ2n) is 4.77. The summed E-state index contributed by atoms with van der Waals surface area (Å²) < 4.78 is 1.90. The van der Waals surface area contributed by atoms with Gasteiger partial charge in [-0.25, -0.2) is 4.98 Å². The number of benzene rings is 1. The van der Waals surface area contributed by atoms with Gasteiger partial charge in [0.15, 0.2) is 5.78 Å². The van der Waals surface area contributed by atoms with Gasteiger partial charge in [-0.2, -0.15) is 5.26 Å². The standard InChI is InChI=1S/C14H15N3O/c1-9(2)11(7-15)14(18)10-4-5-13-12(6-10)16-8-17(13)3/h4-6,8-9,11H,1-3H3. The van der Waals surface area contributed by atoms with Crippen LogP contribution in [0.3, 0.4) is 0 Å². The van der Waals surface area contributed by atoms with Crippen LogP contribution < -0.4 is 0 Å². The van der Waals surface area contributed by atoms with E-state index in [-0.39, 0.29) is 11.7 Å². The lowest BCUT2D eigenvalue weighted by atomic mass is 9.89. The highest BCUT2D eigenvalue weighted by Gasteiger charge is 2.23. The minimum Gasteiger partial charge on any atom is -0.334 e. The smallest absolute Gasteiger partial charge is 0.180 e. The molecule has 1 unspecified atom stereocenters. The maximum atomic E-state index is 12.2. The van der Waals surface area contributed by atoms with Gasteiger partial charge < -0.3 is 4.57 Å². The van der Waals surface area contributed by atoms with E-state index in [0.717, 1.165) is 11.0 Å². The number of rotatable bonds is 3. The van der Waals surface area contributed by atoms with Crippen molar-refractivity contribution in [1.29, 1.82) is 5.26 Å². The third-order valence-electron chi connectivity index (χ3n) is 3.10. The number of imidazole rings is 1. The zero-order valence-corrected chi connectivity index (χ0v) is 10.7. The fraction of sp³-hybridized carbons (Fsp3) is 0.357. The molecule has 2 aromatic rings. The van der Waals surface area contributed by atoms with E-state index in [1.165, 1.54) is 0 Å². The van der Waals surface area contributed by atoms with Crippen LogP contribution in [0.4, 0.5) is 0 Å². The molecule has 0 spiro atoms. The van der Waals surface area contributed by atoms with Gasteiger partial charge in [0.05, 0.1) is 23.4 Å². The van der Waals surface area contributed by atoms with Crippen molar-refractivity contribution in [2.45, 2.75) is 13.8 Å². The second kappa shape index (κ2) is 4.61. The first kappa shape index (κ1) is 12.3. The molecule has 2 rings (SSSR count). The van der Waals surface area contributed by atoms with E-state index in [0.29, 0.717) is 5.56 Å². The van der Waals surface area contributed by atoms with Crippen molar-refractivity contribution in [3.05, 3.63) is 30.1 Å². The third kappa shape index (κ3) is 2.00. The zero-order valence-electron chi connectivity index (χ0n) is 10.7. The average Bonchev–Trinajstić information content (AvgIpc) is 2.71. The highest BCUT2D eigenvalue weighted by molar-refractivity contribution is 6.01. The Morgan fingerprint density at radius 1 is 1.44 bits per heavy atom. The lowest BCUT2D eigenvalue weighted by Gasteiger charge is -2.11. The van der Waals surface area contributed by atoms with E-state index < -0.39 is 5.92 Å². The molecule has 1 aromatic carbocycles. The molecule has 18 heavy (non-hydrogen) atoms. The number of aromatic nitrogens is 2. The molecule has 1 aromatic heterocycles. The van der Waals surface area contributed by atoms with Crippen molar-refractivity contribution >= 4 is 16.8 Å². The van der Waals surface area contributed by atoms with Crippen molar-refractivity contribution in [3.63, 3.8) is 0 Å². The zero-order chi connectivity index (χ0) is 13.3. The quantitative estimate of drug-likeness (QED) is 0.776. The Balaban J connectivity index is 2.42. The summed E-state index contributed by atoms with van der Waals surface area (Å²) in [6, 6.07) is 7.46. The molecule has 4 heteroatoms. The monoisotopic (exact) mass is 241 g/mol. The number of aryl methyl sites for hydroxylation is 1. The van der Waals surface area contributed by atoms with Crippen molar-refractivity contribution in [2.24, 2.45) is 18.9 Å². The van der Waals surface area contributed by atoms with Crippen LogP contribution in [0, 0.1) is 23.2 Å². The fourth-order valence-corrected chi connectivity index (χ4v) is 1.98. The molecule has 0 saturated carbocycles. The maximum absolute atomic E-state index is 12.2. The molecule has 0 aliphatic heterocycles. The Hall–Kier alpha value is -2.15. The molecule has 0 amide bonds. The molecule has 92 valence electrons. The normalized spacial score (nSPS) is 12.6. The van der Waals surface area contributed by atoms with Crippen molar-refractivity contribution < 1.29 is 4.79 Å². The molecular weight excluding hydrogens is 226 g/mol. The van der Waals surface area contributed by atoms with E-state index in [9.17, 15) is 4.79 Å². The molecule has 0 fully saturated rings. The summed E-state index contributed by atoms with van der Waals surface area (Å²) in [4.78, 5) is 16.4. The van der Waals surface area contributed by atoms with Crippen LogP contribution in [0.1, 0.15) is 24.2 Å². The predicted octanol–water partition coefficient (Wildman–Crippen LogP) is 2.55. The number of carbonyl (C=O) groups is 1. The lowest BCUT2D eigenvalue weighted by Crippen LogP contribution is -2.18. The summed E-state index contributed by atoms with van der Waals surface area (Å²) in [7, 11) is 1.91. The molecule has 1 heterocycles. The van der Waals surface area contributed by atoms with E-state index in [2.05, 4.69) is 11.1 Å². The van der Waals surface area contributed by atoms with Gasteiger partial charge in [0.1, 0.15) is 5.92 Å². The van der Waals surface area contributed by atoms with E-state index in [1.54, 1.807) is 18.5 Å². The Morgan fingerprint density at radius 2 is 2.17 bits per heavy atom. The van der Waals surface area contributed by atoms with Crippen LogP contribution in [0.5, 0.6) is 0 Å². The molecule has 1 atom stereocenters. The van der Waals surface area contributed by atoms with Crippen LogP contribution in [-0.4, -0.2) is 15.3 Å². The van der Waals surface area contributed by atoms with Crippen LogP contribution in [-0.2, 0) is 7.05 Å². The summed E-state index contributed by atoms with van der Waals surface area (Å²) in [6.07, 6.45) is 1.71. The number of ketones is 1. The van der Waals surface area contributed by atoms with Crippen LogP contribution in [0.25, 0.3) is 11.0 Å². The topological polar surface area (TPSA) is 58.7 Å². The second-order valence-corrected chi connectivity index (χ2v) is 4.77. The summed E-state index contributed by atoms with van der Waals surface area (Å²) in [6.45, 7) is 3.76. The van der Waals surface area contributed by atoms with Gasteiger partial charge in [-0.3, -0.25) is 4.79 Å².